The molecule has 5 nitrogen and oxygen atoms in total. The van der Waals surface area contributed by atoms with Gasteiger partial charge in [-0.2, -0.15) is 0 Å². The predicted octanol–water partition coefficient (Wildman–Crippen LogP) is 3.08. The van der Waals surface area contributed by atoms with Gasteiger partial charge in [-0.05, 0) is 31.0 Å². The van der Waals surface area contributed by atoms with E-state index in [0.29, 0.717) is 13.1 Å². The van der Waals surface area contributed by atoms with Gasteiger partial charge in [0.05, 0.1) is 6.61 Å². The molecule has 1 heterocycles. The first-order chi connectivity index (χ1) is 11.2. The maximum atomic E-state index is 12.3. The Morgan fingerprint density at radius 3 is 2.70 bits per heavy atom. The van der Waals surface area contributed by atoms with Gasteiger partial charge in [0.25, 0.3) is 0 Å². The van der Waals surface area contributed by atoms with Gasteiger partial charge in [0.1, 0.15) is 0 Å². The number of aliphatic hydroxyl groups is 1. The van der Waals surface area contributed by atoms with Crippen molar-refractivity contribution in [2.45, 2.75) is 25.7 Å². The molecular formula is C18H27N3O2. The number of hydrogen-bond donors (Lipinski definition) is 2. The Morgan fingerprint density at radius 1 is 1.30 bits per heavy atom. The van der Waals surface area contributed by atoms with Gasteiger partial charge in [-0.25, -0.2) is 4.79 Å². The summed E-state index contributed by atoms with van der Waals surface area (Å²) < 4.78 is 0. The highest BCUT2D eigenvalue weighted by Crippen LogP contribution is 2.23. The lowest BCUT2D eigenvalue weighted by Gasteiger charge is -2.24. The highest BCUT2D eigenvalue weighted by atomic mass is 16.3. The zero-order chi connectivity index (χ0) is 16.5. The van der Waals surface area contributed by atoms with Gasteiger partial charge < -0.3 is 20.2 Å². The zero-order valence-corrected chi connectivity index (χ0v) is 13.7. The van der Waals surface area contributed by atoms with Gasteiger partial charge >= 0.3 is 6.03 Å². The van der Waals surface area contributed by atoms with Crippen LogP contribution in [0.15, 0.2) is 36.9 Å². The van der Waals surface area contributed by atoms with Crippen molar-refractivity contribution in [3.05, 3.63) is 36.9 Å². The SMILES string of the molecule is C=CCN(CCO)C(=O)Nc1cccc(N2CCCCCC2)c1. The average molecular weight is 317 g/mol. The molecule has 0 bridgehead atoms. The van der Waals surface area contributed by atoms with Crippen LogP contribution < -0.4 is 10.2 Å². The molecule has 126 valence electrons. The fraction of sp³-hybridized carbons (Fsp3) is 0.500. The van der Waals surface area contributed by atoms with Crippen molar-refractivity contribution in [2.75, 3.05) is 43.0 Å². The van der Waals surface area contributed by atoms with E-state index in [1.807, 2.05) is 18.2 Å². The van der Waals surface area contributed by atoms with Crippen LogP contribution in [-0.4, -0.2) is 48.8 Å². The van der Waals surface area contributed by atoms with Crippen LogP contribution in [0.1, 0.15) is 25.7 Å². The summed E-state index contributed by atoms with van der Waals surface area (Å²) in [5, 5.41) is 12.0. The van der Waals surface area contributed by atoms with E-state index >= 15 is 0 Å². The molecule has 0 radical (unpaired) electrons. The second-order valence-electron chi connectivity index (χ2n) is 5.84. The molecule has 0 atom stereocenters. The van der Waals surface area contributed by atoms with E-state index in [-0.39, 0.29) is 12.6 Å². The monoisotopic (exact) mass is 317 g/mol. The van der Waals surface area contributed by atoms with Crippen LogP contribution in [0.2, 0.25) is 0 Å². The number of anilines is 2. The summed E-state index contributed by atoms with van der Waals surface area (Å²) in [7, 11) is 0. The lowest BCUT2D eigenvalue weighted by Crippen LogP contribution is -2.37. The summed E-state index contributed by atoms with van der Waals surface area (Å²) in [5.41, 5.74) is 1.94. The van der Waals surface area contributed by atoms with Crippen molar-refractivity contribution in [2.24, 2.45) is 0 Å². The maximum Gasteiger partial charge on any atom is 0.322 e. The van der Waals surface area contributed by atoms with Crippen LogP contribution in [-0.2, 0) is 0 Å². The lowest BCUT2D eigenvalue weighted by molar-refractivity contribution is 0.195. The number of aliphatic hydroxyl groups excluding tert-OH is 1. The molecular weight excluding hydrogens is 290 g/mol. The molecule has 0 saturated carbocycles. The van der Waals surface area contributed by atoms with Crippen molar-refractivity contribution >= 4 is 17.4 Å². The number of hydrogen-bond acceptors (Lipinski definition) is 3. The van der Waals surface area contributed by atoms with Crippen LogP contribution in [0.5, 0.6) is 0 Å². The molecule has 2 rings (SSSR count). The van der Waals surface area contributed by atoms with Crippen molar-refractivity contribution in [1.29, 1.82) is 0 Å². The summed E-state index contributed by atoms with van der Waals surface area (Å²) in [6.07, 6.45) is 6.69. The Balaban J connectivity index is 2.03. The Hall–Kier alpha value is -2.01. The molecule has 0 spiro atoms. The summed E-state index contributed by atoms with van der Waals surface area (Å²) in [6, 6.07) is 7.76. The first kappa shape index (κ1) is 17.3. The summed E-state index contributed by atoms with van der Waals surface area (Å²) in [4.78, 5) is 16.2. The summed E-state index contributed by atoms with van der Waals surface area (Å²) in [5.74, 6) is 0. The highest BCUT2D eigenvalue weighted by molar-refractivity contribution is 5.90. The molecule has 23 heavy (non-hydrogen) atoms. The topological polar surface area (TPSA) is 55.8 Å². The van der Waals surface area contributed by atoms with Crippen LogP contribution in [0, 0.1) is 0 Å². The van der Waals surface area contributed by atoms with Gasteiger partial charge in [0, 0.05) is 37.6 Å². The average Bonchev–Trinajstić information content (AvgIpc) is 2.84. The van der Waals surface area contributed by atoms with Crippen LogP contribution in [0.4, 0.5) is 16.2 Å². The maximum absolute atomic E-state index is 12.3. The van der Waals surface area contributed by atoms with E-state index < -0.39 is 0 Å². The van der Waals surface area contributed by atoms with E-state index in [4.69, 9.17) is 5.11 Å². The van der Waals surface area contributed by atoms with Crippen LogP contribution in [0.3, 0.4) is 0 Å². The summed E-state index contributed by atoms with van der Waals surface area (Å²) >= 11 is 0. The molecule has 0 aromatic heterocycles. The number of nitrogens with one attached hydrogen (secondary N) is 1. The first-order valence-corrected chi connectivity index (χ1v) is 8.37. The van der Waals surface area contributed by atoms with Crippen molar-refractivity contribution in [1.82, 2.24) is 4.90 Å². The van der Waals surface area contributed by atoms with Gasteiger partial charge in [-0.3, -0.25) is 0 Å². The van der Waals surface area contributed by atoms with Gasteiger partial charge in [-0.1, -0.05) is 25.0 Å². The number of benzene rings is 1. The molecule has 5 heteroatoms. The smallest absolute Gasteiger partial charge is 0.322 e. The number of urea groups is 1. The summed E-state index contributed by atoms with van der Waals surface area (Å²) in [6.45, 7) is 6.44. The largest absolute Gasteiger partial charge is 0.395 e. The molecule has 0 unspecified atom stereocenters. The van der Waals surface area contributed by atoms with Crippen LogP contribution in [0.25, 0.3) is 0 Å². The van der Waals surface area contributed by atoms with Crippen molar-refractivity contribution in [3.63, 3.8) is 0 Å². The van der Waals surface area contributed by atoms with E-state index in [1.165, 1.54) is 30.6 Å². The van der Waals surface area contributed by atoms with E-state index in [1.54, 1.807) is 6.08 Å². The Bertz CT molecular complexity index is 511. The highest BCUT2D eigenvalue weighted by Gasteiger charge is 2.13. The molecule has 2 N–H and O–H groups in total. The molecule has 1 aromatic carbocycles. The van der Waals surface area contributed by atoms with E-state index in [9.17, 15) is 4.79 Å². The van der Waals surface area contributed by atoms with E-state index in [0.717, 1.165) is 24.5 Å². The third-order valence-corrected chi connectivity index (χ3v) is 4.08. The fourth-order valence-corrected chi connectivity index (χ4v) is 2.86. The van der Waals surface area contributed by atoms with Gasteiger partial charge in [-0.15, -0.1) is 6.58 Å². The number of nitrogens with zero attached hydrogens (tertiary/aromatic N) is 2. The van der Waals surface area contributed by atoms with Gasteiger partial charge in [0.15, 0.2) is 0 Å². The van der Waals surface area contributed by atoms with Gasteiger partial charge in [0.2, 0.25) is 0 Å². The Morgan fingerprint density at radius 2 is 2.04 bits per heavy atom. The fourth-order valence-electron chi connectivity index (χ4n) is 2.86. The second-order valence-corrected chi connectivity index (χ2v) is 5.84. The number of carbonyl (C=O) groups excluding carboxylic acids is 1. The number of rotatable bonds is 6. The number of carbonyl (C=O) groups is 1. The minimum atomic E-state index is -0.216. The second kappa shape index (κ2) is 9.20. The van der Waals surface area contributed by atoms with Crippen molar-refractivity contribution in [3.8, 4) is 0 Å². The molecule has 1 aromatic rings. The molecule has 1 saturated heterocycles. The standard InChI is InChI=1S/C18H27N3O2/c1-2-10-21(13-14-22)18(23)19-16-8-7-9-17(15-16)20-11-5-3-4-6-12-20/h2,7-9,15,22H,1,3-6,10-14H2,(H,19,23). The molecule has 1 aliphatic heterocycles. The Kier molecular flexibility index (Phi) is 6.94. The molecule has 1 aliphatic rings. The third kappa shape index (κ3) is 5.28. The van der Waals surface area contributed by atoms with Crippen LogP contribution >= 0.6 is 0 Å². The predicted molar refractivity (Wildman–Crippen MR) is 95.0 cm³/mol. The lowest BCUT2D eigenvalue weighted by atomic mass is 10.2. The first-order valence-electron chi connectivity index (χ1n) is 8.37. The minimum Gasteiger partial charge on any atom is -0.395 e. The molecule has 0 aliphatic carbocycles. The number of amides is 2. The third-order valence-electron chi connectivity index (χ3n) is 4.08. The van der Waals surface area contributed by atoms with E-state index in [2.05, 4.69) is 22.9 Å². The minimum absolute atomic E-state index is 0.0604. The van der Waals surface area contributed by atoms with Crippen molar-refractivity contribution < 1.29 is 9.90 Å². The Labute approximate surface area is 138 Å². The molecule has 2 amide bonds. The normalized spacial score (nSPS) is 14.9. The molecule has 1 fully saturated rings. The zero-order valence-electron chi connectivity index (χ0n) is 13.7. The quantitative estimate of drug-likeness (QED) is 0.793.